The predicted octanol–water partition coefficient (Wildman–Crippen LogP) is 5.98. The zero-order chi connectivity index (χ0) is 39.9. The van der Waals surface area contributed by atoms with Gasteiger partial charge in [0, 0.05) is 17.4 Å². The number of aliphatic hydroxyl groups excluding tert-OH is 1. The molecule has 2 aliphatic rings. The van der Waals surface area contributed by atoms with Gasteiger partial charge in [0.25, 0.3) is 32.1 Å². The highest BCUT2D eigenvalue weighted by Gasteiger charge is 2.47. The van der Waals surface area contributed by atoms with Crippen molar-refractivity contribution >= 4 is 136 Å². The number of Topliss-reactive ketones (excluding diaryl/α,β-unsaturated/α-hetero) is 1. The first-order valence-electron chi connectivity index (χ1n) is 14.4. The number of ether oxygens (including phenoxy) is 1. The lowest BCUT2D eigenvalue weighted by Gasteiger charge is -2.16. The topological polar surface area (TPSA) is 260 Å². The molecule has 0 fully saturated rings. The fourth-order valence-electron chi connectivity index (χ4n) is 5.89. The first kappa shape index (κ1) is 39.3. The third kappa shape index (κ3) is 6.26. The van der Waals surface area contributed by atoms with E-state index >= 15 is 0 Å². The van der Waals surface area contributed by atoms with Gasteiger partial charge >= 0.3 is 11.9 Å². The number of esters is 1. The second-order valence-corrected chi connectivity index (χ2v) is 15.9. The zero-order valence-corrected chi connectivity index (χ0v) is 31.4. The number of pyridine rings is 1. The van der Waals surface area contributed by atoms with Crippen LogP contribution in [0.3, 0.4) is 0 Å². The van der Waals surface area contributed by atoms with Crippen molar-refractivity contribution in [2.45, 2.75) is 22.6 Å². The van der Waals surface area contributed by atoms with E-state index in [0.717, 1.165) is 0 Å². The van der Waals surface area contributed by atoms with Gasteiger partial charge in [0.2, 0.25) is 5.78 Å². The molecule has 0 saturated heterocycles. The number of benzene rings is 3. The number of amides is 2. The number of hydrogen-bond acceptors (Lipinski definition) is 12. The molecule has 16 nitrogen and oxygen atoms in total. The highest BCUT2D eigenvalue weighted by Crippen LogP contribution is 2.49. The van der Waals surface area contributed by atoms with Crippen LogP contribution in [0.2, 0.25) is 25.1 Å². The minimum atomic E-state index is -5.60. The summed E-state index contributed by atoms with van der Waals surface area (Å²) in [6.07, 6.45) is -0.659. The number of halogens is 5. The molecule has 3 aromatic carbocycles. The Hall–Kier alpha value is -4.37. The molecular weight excluding hydrogens is 866 g/mol. The number of carboxylic acid groups (broad SMARTS) is 1. The summed E-state index contributed by atoms with van der Waals surface area (Å²) in [5.41, 5.74) is -3.72. The van der Waals surface area contributed by atoms with Crippen LogP contribution in [0.25, 0.3) is 22.2 Å². The van der Waals surface area contributed by atoms with Crippen molar-refractivity contribution in [3.63, 3.8) is 0 Å². The van der Waals surface area contributed by atoms with Crippen molar-refractivity contribution in [3.8, 4) is 0 Å². The number of ketones is 1. The first-order chi connectivity index (χ1) is 25.1. The fourth-order valence-corrected chi connectivity index (χ4v) is 10.1. The number of rotatable bonds is 9. The summed E-state index contributed by atoms with van der Waals surface area (Å²) in [4.78, 5) is 65.7. The van der Waals surface area contributed by atoms with Crippen molar-refractivity contribution in [2.75, 3.05) is 11.5 Å². The Morgan fingerprint density at radius 3 is 1.87 bits per heavy atom. The van der Waals surface area contributed by atoms with Gasteiger partial charge in [-0.15, -0.1) is 0 Å². The van der Waals surface area contributed by atoms with Gasteiger partial charge < -0.3 is 14.9 Å². The molecule has 2 amide bonds. The van der Waals surface area contributed by atoms with Crippen LogP contribution in [0.1, 0.15) is 54.3 Å². The van der Waals surface area contributed by atoms with E-state index in [4.69, 9.17) is 63.1 Å². The van der Waals surface area contributed by atoms with Crippen molar-refractivity contribution in [1.82, 2.24) is 4.98 Å². The molecule has 2 heterocycles. The summed E-state index contributed by atoms with van der Waals surface area (Å²) < 4.78 is 72.8. The van der Waals surface area contributed by atoms with Crippen molar-refractivity contribution in [1.29, 1.82) is 0 Å². The van der Waals surface area contributed by atoms with Crippen molar-refractivity contribution in [2.24, 2.45) is 0 Å². The highest BCUT2D eigenvalue weighted by molar-refractivity contribution is 7.89. The molecule has 54 heavy (non-hydrogen) atoms. The molecule has 0 atom stereocenters. The van der Waals surface area contributed by atoms with E-state index in [1.165, 1.54) is 30.3 Å². The lowest BCUT2D eigenvalue weighted by atomic mass is 10.0. The van der Waals surface area contributed by atoms with Gasteiger partial charge in [-0.05, 0) is 24.1 Å². The quantitative estimate of drug-likeness (QED) is 0.0653. The minimum Gasteiger partial charge on any atom is -0.506 e. The van der Waals surface area contributed by atoms with E-state index in [-0.39, 0.29) is 60.5 Å². The predicted molar refractivity (Wildman–Crippen MR) is 191 cm³/mol. The minimum absolute atomic E-state index is 0.0148. The Morgan fingerprint density at radius 1 is 0.759 bits per heavy atom. The third-order valence-corrected chi connectivity index (χ3v) is 12.4. The normalized spacial score (nSPS) is 14.3. The number of allylic oxidation sites excluding steroid dienone is 1. The molecular formula is C31H15Cl5N2O14S2. The monoisotopic (exact) mass is 878 g/mol. The summed E-state index contributed by atoms with van der Waals surface area (Å²) >= 11 is 31.7. The van der Waals surface area contributed by atoms with E-state index in [9.17, 15) is 55.0 Å². The average Bonchev–Trinajstić information content (AvgIpc) is 3.50. The van der Waals surface area contributed by atoms with E-state index in [1.54, 1.807) is 0 Å². The van der Waals surface area contributed by atoms with Gasteiger partial charge in [-0.1, -0.05) is 76.2 Å². The summed E-state index contributed by atoms with van der Waals surface area (Å²) in [6.45, 7) is -0.897. The Bertz CT molecular complexity index is 2680. The van der Waals surface area contributed by atoms with Crippen LogP contribution in [0, 0.1) is 0 Å². The van der Waals surface area contributed by atoms with Gasteiger partial charge in [0.05, 0.1) is 64.3 Å². The Balaban J connectivity index is 1.48. The molecule has 1 aliphatic heterocycles. The molecule has 280 valence electrons. The van der Waals surface area contributed by atoms with Crippen molar-refractivity contribution in [3.05, 3.63) is 89.0 Å². The number of aliphatic hydroxyl groups is 1. The molecule has 0 radical (unpaired) electrons. The SMILES string of the molecule is O=C(O)COC(=O)CCc1c(Cl)c(Cl)c2c(c1Cl)C(O)=C(c1ccc3cccc(N4C(=O)c5c(Cl)c(S(=O)(=O)O)c(S(=O)(=O)O)c(Cl)c5C4=O)c3n1)C2=O. The Morgan fingerprint density at radius 2 is 1.33 bits per heavy atom. The number of carbonyl (C=O) groups excluding carboxylic acids is 4. The number of nitrogens with zero attached hydrogens (tertiary/aromatic N) is 2. The molecule has 0 bridgehead atoms. The maximum Gasteiger partial charge on any atom is 0.341 e. The standard InChI is InChI=1S/C31H15Cl5N2O14S2/c32-20-10(5-7-14(41)52-8-13(39)40)21(33)22(34)17-16(20)26(42)15(27(17)43)11-6-4-9-2-1-3-12(25(9)37-11)38-30(44)18-19(31(38)45)24(36)29(54(49,50)51)28(23(18)35)53(46,47)48/h1-4,6,42H,5,7-8H2,(H,39,40)(H,46,47,48)(H,49,50,51). The van der Waals surface area contributed by atoms with Crippen LogP contribution in [0.5, 0.6) is 0 Å². The molecule has 4 aromatic rings. The molecule has 1 aliphatic carbocycles. The maximum absolute atomic E-state index is 13.8. The summed E-state index contributed by atoms with van der Waals surface area (Å²) in [5.74, 6) is -6.67. The second-order valence-electron chi connectivity index (χ2n) is 11.3. The van der Waals surface area contributed by atoms with E-state index in [0.29, 0.717) is 4.90 Å². The van der Waals surface area contributed by atoms with Gasteiger partial charge in [0.1, 0.15) is 15.6 Å². The Kier molecular flexibility index (Phi) is 10.0. The smallest absolute Gasteiger partial charge is 0.341 e. The molecule has 0 unspecified atom stereocenters. The molecule has 23 heteroatoms. The largest absolute Gasteiger partial charge is 0.506 e. The van der Waals surface area contributed by atoms with Crippen LogP contribution in [-0.2, 0) is 41.0 Å². The molecule has 6 rings (SSSR count). The molecule has 0 saturated carbocycles. The number of para-hydroxylation sites is 1. The molecule has 0 spiro atoms. The van der Waals surface area contributed by atoms with Gasteiger partial charge in [-0.25, -0.2) is 14.7 Å². The zero-order valence-electron chi connectivity index (χ0n) is 26.0. The van der Waals surface area contributed by atoms with Crippen LogP contribution in [0.15, 0.2) is 40.1 Å². The van der Waals surface area contributed by atoms with Crippen LogP contribution in [0.4, 0.5) is 5.69 Å². The highest BCUT2D eigenvalue weighted by atomic mass is 35.5. The lowest BCUT2D eigenvalue weighted by molar-refractivity contribution is -0.155. The van der Waals surface area contributed by atoms with Crippen molar-refractivity contribution < 1.29 is 64.9 Å². The average molecular weight is 881 g/mol. The third-order valence-electron chi connectivity index (χ3n) is 8.11. The molecule has 4 N–H and O–H groups in total. The molecule has 1 aromatic heterocycles. The number of anilines is 1. The summed E-state index contributed by atoms with van der Waals surface area (Å²) in [5, 5.41) is 17.0. The van der Waals surface area contributed by atoms with E-state index < -0.39 is 105 Å². The number of carboxylic acids is 1. The van der Waals surface area contributed by atoms with Gasteiger partial charge in [0.15, 0.2) is 6.61 Å². The van der Waals surface area contributed by atoms with E-state index in [1.807, 2.05) is 0 Å². The second kappa shape index (κ2) is 13.7. The van der Waals surface area contributed by atoms with E-state index in [2.05, 4.69) is 9.72 Å². The first-order valence-corrected chi connectivity index (χ1v) is 19.2. The lowest BCUT2D eigenvalue weighted by Crippen LogP contribution is -2.29. The number of imide groups is 1. The number of aliphatic carboxylic acids is 1. The fraction of sp³-hybridized carbons (Fsp3) is 0.0968. The Labute approximate surface area is 326 Å². The van der Waals surface area contributed by atoms with Gasteiger partial charge in [-0.2, -0.15) is 16.8 Å². The number of aromatic nitrogens is 1. The van der Waals surface area contributed by atoms with Gasteiger partial charge in [-0.3, -0.25) is 28.3 Å². The number of hydrogen-bond donors (Lipinski definition) is 4. The maximum atomic E-state index is 13.8. The number of carbonyl (C=O) groups is 5. The van der Waals surface area contributed by atoms with Crippen LogP contribution >= 0.6 is 58.0 Å². The number of fused-ring (bicyclic) bond motifs is 3. The summed E-state index contributed by atoms with van der Waals surface area (Å²) in [7, 11) is -11.2. The van der Waals surface area contributed by atoms with Crippen LogP contribution < -0.4 is 4.90 Å². The summed E-state index contributed by atoms with van der Waals surface area (Å²) in [6, 6.07) is 6.70. The van der Waals surface area contributed by atoms with Crippen LogP contribution in [-0.4, -0.2) is 77.3 Å².